The Hall–Kier alpha value is -2.27. The summed E-state index contributed by atoms with van der Waals surface area (Å²) >= 11 is 0. The van der Waals surface area contributed by atoms with Gasteiger partial charge in [0, 0.05) is 31.8 Å². The molecule has 0 aromatic heterocycles. The molecule has 0 unspecified atom stereocenters. The van der Waals surface area contributed by atoms with Crippen LogP contribution in [-0.2, 0) is 11.3 Å². The number of phenolic OH excluding ortho intramolecular Hbond substituents is 1. The average molecular weight is 398 g/mol. The molecule has 2 saturated heterocycles. The second-order valence-corrected chi connectivity index (χ2v) is 8.59. The maximum absolute atomic E-state index is 12.9. The number of aromatic hydroxyl groups is 1. The second kappa shape index (κ2) is 9.04. The van der Waals surface area contributed by atoms with E-state index < -0.39 is 0 Å². The van der Waals surface area contributed by atoms with Gasteiger partial charge >= 0.3 is 0 Å². The number of piperidine rings is 1. The molecule has 0 radical (unpaired) electrons. The van der Waals surface area contributed by atoms with Crippen molar-refractivity contribution in [1.29, 1.82) is 0 Å². The van der Waals surface area contributed by atoms with Gasteiger partial charge < -0.3 is 19.6 Å². The van der Waals surface area contributed by atoms with Gasteiger partial charge in [-0.2, -0.15) is 0 Å². The van der Waals surface area contributed by atoms with Crippen molar-refractivity contribution in [1.82, 2.24) is 4.90 Å². The summed E-state index contributed by atoms with van der Waals surface area (Å²) < 4.78 is 5.38. The molecule has 0 spiro atoms. The van der Waals surface area contributed by atoms with E-state index in [-0.39, 0.29) is 5.92 Å². The predicted molar refractivity (Wildman–Crippen MR) is 114 cm³/mol. The van der Waals surface area contributed by atoms with Crippen LogP contribution in [0.5, 0.6) is 11.5 Å². The van der Waals surface area contributed by atoms with Crippen molar-refractivity contribution in [3.63, 3.8) is 0 Å². The number of carbonyl (C=O) groups excluding carboxylic acids is 1. The van der Waals surface area contributed by atoms with E-state index in [4.69, 9.17) is 4.74 Å². The summed E-state index contributed by atoms with van der Waals surface area (Å²) in [6.45, 7) is 4.62. The summed E-state index contributed by atoms with van der Waals surface area (Å²) in [4.78, 5) is 16.5. The summed E-state index contributed by atoms with van der Waals surface area (Å²) in [5.41, 5.74) is 0.980. The second-order valence-electron chi connectivity index (χ2n) is 8.59. The summed E-state index contributed by atoms with van der Waals surface area (Å²) in [7, 11) is 1.67. The van der Waals surface area contributed by atoms with Gasteiger partial charge in [-0.05, 0) is 41.8 Å². The highest BCUT2D eigenvalue weighted by Gasteiger charge is 2.31. The van der Waals surface area contributed by atoms with Crippen LogP contribution in [-0.4, -0.2) is 49.2 Å². The number of benzene rings is 2. The molecule has 0 bridgehead atoms. The van der Waals surface area contributed by atoms with Crippen molar-refractivity contribution in [3.05, 3.63) is 35.9 Å². The third kappa shape index (κ3) is 4.50. The van der Waals surface area contributed by atoms with Crippen molar-refractivity contribution in [2.45, 2.75) is 45.1 Å². The van der Waals surface area contributed by atoms with Crippen LogP contribution in [0.1, 0.15) is 44.1 Å². The maximum atomic E-state index is 12.9. The Labute approximate surface area is 173 Å². The molecule has 4 rings (SSSR count). The molecule has 5 heteroatoms. The number of carbonyl (C=O) groups is 1. The minimum Gasteiger partial charge on any atom is -0.507 e. The molecule has 29 heavy (non-hydrogen) atoms. The SMILES string of the molecule is COc1ccc2ccc(O)c(C[NH+]3CCC(C(=O)N4CCCCCC4)CC3)c2c1. The molecular weight excluding hydrogens is 364 g/mol. The molecule has 2 aromatic rings. The number of amides is 1. The number of phenols is 1. The molecule has 156 valence electrons. The third-order valence-corrected chi connectivity index (χ3v) is 6.70. The highest BCUT2D eigenvalue weighted by atomic mass is 16.5. The van der Waals surface area contributed by atoms with Gasteiger partial charge in [-0.1, -0.05) is 25.0 Å². The summed E-state index contributed by atoms with van der Waals surface area (Å²) in [6, 6.07) is 9.75. The number of likely N-dealkylation sites (tertiary alicyclic amines) is 2. The Morgan fingerprint density at radius 3 is 2.48 bits per heavy atom. The Balaban J connectivity index is 1.42. The van der Waals surface area contributed by atoms with Crippen LogP contribution in [0.25, 0.3) is 10.8 Å². The van der Waals surface area contributed by atoms with Crippen molar-refractivity contribution in [2.24, 2.45) is 5.92 Å². The molecule has 2 aromatic carbocycles. The molecule has 2 aliphatic heterocycles. The van der Waals surface area contributed by atoms with Gasteiger partial charge in [-0.25, -0.2) is 0 Å². The summed E-state index contributed by atoms with van der Waals surface area (Å²) in [5.74, 6) is 1.71. The number of methoxy groups -OCH3 is 1. The Kier molecular flexibility index (Phi) is 6.24. The lowest BCUT2D eigenvalue weighted by atomic mass is 9.94. The fourth-order valence-corrected chi connectivity index (χ4v) is 4.91. The number of nitrogens with zero attached hydrogens (tertiary/aromatic N) is 1. The Bertz CT molecular complexity index is 851. The Morgan fingerprint density at radius 2 is 1.79 bits per heavy atom. The van der Waals surface area contributed by atoms with E-state index in [1.807, 2.05) is 24.3 Å². The first-order chi connectivity index (χ1) is 14.2. The highest BCUT2D eigenvalue weighted by Crippen LogP contribution is 2.30. The number of ether oxygens (including phenoxy) is 1. The number of hydrogen-bond acceptors (Lipinski definition) is 3. The first-order valence-corrected chi connectivity index (χ1v) is 11.1. The molecule has 2 N–H and O–H groups in total. The average Bonchev–Trinajstić information content (AvgIpc) is 3.05. The minimum atomic E-state index is 0.179. The van der Waals surface area contributed by atoms with Crippen LogP contribution in [0, 0.1) is 5.92 Å². The zero-order valence-electron chi connectivity index (χ0n) is 17.5. The largest absolute Gasteiger partial charge is 0.507 e. The van der Waals surface area contributed by atoms with Gasteiger partial charge in [0.2, 0.25) is 5.91 Å². The van der Waals surface area contributed by atoms with Gasteiger partial charge in [0.1, 0.15) is 18.0 Å². The number of hydrogen-bond donors (Lipinski definition) is 2. The summed E-state index contributed by atoms with van der Waals surface area (Å²) in [5, 5.41) is 12.7. The van der Waals surface area contributed by atoms with E-state index in [0.717, 1.165) is 80.5 Å². The van der Waals surface area contributed by atoms with Crippen LogP contribution in [0.15, 0.2) is 30.3 Å². The smallest absolute Gasteiger partial charge is 0.226 e. The maximum Gasteiger partial charge on any atom is 0.226 e. The van der Waals surface area contributed by atoms with Crippen LogP contribution in [0.2, 0.25) is 0 Å². The predicted octanol–water partition coefficient (Wildman–Crippen LogP) is 2.75. The van der Waals surface area contributed by atoms with Crippen molar-refractivity contribution >= 4 is 16.7 Å². The van der Waals surface area contributed by atoms with Gasteiger partial charge in [0.05, 0.1) is 25.8 Å². The van der Waals surface area contributed by atoms with E-state index in [1.54, 1.807) is 13.2 Å². The lowest BCUT2D eigenvalue weighted by Gasteiger charge is -2.32. The van der Waals surface area contributed by atoms with Gasteiger partial charge in [-0.3, -0.25) is 4.79 Å². The minimum absolute atomic E-state index is 0.179. The quantitative estimate of drug-likeness (QED) is 0.834. The first kappa shape index (κ1) is 20.0. The molecule has 2 heterocycles. The van der Waals surface area contributed by atoms with Crippen molar-refractivity contribution in [3.8, 4) is 11.5 Å². The molecule has 2 aliphatic rings. The van der Waals surface area contributed by atoms with Crippen LogP contribution in [0.4, 0.5) is 0 Å². The number of nitrogens with one attached hydrogen (secondary N) is 1. The van der Waals surface area contributed by atoms with E-state index >= 15 is 0 Å². The molecule has 0 atom stereocenters. The van der Waals surface area contributed by atoms with Crippen LogP contribution >= 0.6 is 0 Å². The summed E-state index contributed by atoms with van der Waals surface area (Å²) in [6.07, 6.45) is 6.70. The lowest BCUT2D eigenvalue weighted by Crippen LogP contribution is -3.11. The number of fused-ring (bicyclic) bond motifs is 1. The lowest BCUT2D eigenvalue weighted by molar-refractivity contribution is -0.919. The number of rotatable bonds is 4. The highest BCUT2D eigenvalue weighted by molar-refractivity contribution is 5.88. The fraction of sp³-hybridized carbons (Fsp3) is 0.542. The molecule has 0 aliphatic carbocycles. The Morgan fingerprint density at radius 1 is 1.10 bits per heavy atom. The van der Waals surface area contributed by atoms with E-state index in [2.05, 4.69) is 4.90 Å². The first-order valence-electron chi connectivity index (χ1n) is 11.1. The van der Waals surface area contributed by atoms with E-state index in [9.17, 15) is 9.90 Å². The van der Waals surface area contributed by atoms with Crippen molar-refractivity contribution < 1.29 is 19.5 Å². The third-order valence-electron chi connectivity index (χ3n) is 6.70. The molecule has 5 nitrogen and oxygen atoms in total. The van der Waals surface area contributed by atoms with Gasteiger partial charge in [0.15, 0.2) is 0 Å². The topological polar surface area (TPSA) is 54.2 Å². The van der Waals surface area contributed by atoms with Gasteiger partial charge in [0.25, 0.3) is 0 Å². The molecule has 2 fully saturated rings. The zero-order valence-corrected chi connectivity index (χ0v) is 17.5. The standard InChI is InChI=1S/C24H32N2O3/c1-29-20-8-6-18-7-9-23(27)22(21(18)16-20)17-25-14-10-19(11-15-25)24(28)26-12-4-2-3-5-13-26/h6-9,16,19,27H,2-5,10-15,17H2,1H3/p+1. The van der Waals surface area contributed by atoms with Gasteiger partial charge in [-0.15, -0.1) is 0 Å². The van der Waals surface area contributed by atoms with Crippen LogP contribution in [0.3, 0.4) is 0 Å². The fourth-order valence-electron chi connectivity index (χ4n) is 4.91. The number of quaternary nitrogens is 1. The van der Waals surface area contributed by atoms with E-state index in [0.29, 0.717) is 11.7 Å². The monoisotopic (exact) mass is 397 g/mol. The van der Waals surface area contributed by atoms with E-state index in [1.165, 1.54) is 17.7 Å². The van der Waals surface area contributed by atoms with Crippen LogP contribution < -0.4 is 9.64 Å². The molecule has 1 amide bonds. The molecular formula is C24H33N2O3+. The zero-order chi connectivity index (χ0) is 20.2. The molecule has 0 saturated carbocycles. The van der Waals surface area contributed by atoms with Crippen molar-refractivity contribution in [2.75, 3.05) is 33.3 Å². The normalized spacial score (nSPS) is 23.0.